The summed E-state index contributed by atoms with van der Waals surface area (Å²) in [6, 6.07) is 12.8. The molecule has 6 heteroatoms. The van der Waals surface area contributed by atoms with E-state index >= 15 is 0 Å². The molecule has 2 aromatic heterocycles. The van der Waals surface area contributed by atoms with E-state index < -0.39 is 0 Å². The lowest BCUT2D eigenvalue weighted by Gasteiger charge is -2.09. The van der Waals surface area contributed by atoms with Crippen molar-refractivity contribution in [3.05, 3.63) is 59.6 Å². The first-order valence-electron chi connectivity index (χ1n) is 8.17. The fourth-order valence-electron chi connectivity index (χ4n) is 2.92. The number of nitrogens with one attached hydrogen (secondary N) is 1. The topological polar surface area (TPSA) is 77.2 Å². The molecule has 0 fully saturated rings. The number of nitrogens with zero attached hydrogens (tertiary/aromatic N) is 2. The van der Waals surface area contributed by atoms with E-state index in [1.807, 2.05) is 31.2 Å². The normalized spacial score (nSPS) is 11.0. The Kier molecular flexibility index (Phi) is 3.80. The fraction of sp³-hybridized carbons (Fsp3) is 0.150. The van der Waals surface area contributed by atoms with Crippen molar-refractivity contribution in [2.45, 2.75) is 13.8 Å². The van der Waals surface area contributed by atoms with Crippen molar-refractivity contribution in [3.63, 3.8) is 0 Å². The van der Waals surface area contributed by atoms with Gasteiger partial charge in [0.05, 0.1) is 23.9 Å². The van der Waals surface area contributed by atoms with Gasteiger partial charge in [0, 0.05) is 24.1 Å². The number of carbonyl (C=O) groups is 1. The molecule has 0 radical (unpaired) electrons. The minimum Gasteiger partial charge on any atom is -0.497 e. The maximum Gasteiger partial charge on any atom is 0.257 e. The Balaban J connectivity index is 1.67. The molecule has 0 aliphatic heterocycles. The fourth-order valence-corrected chi connectivity index (χ4v) is 2.92. The van der Waals surface area contributed by atoms with Crippen LogP contribution in [0.1, 0.15) is 21.9 Å². The minimum atomic E-state index is -0.215. The largest absolute Gasteiger partial charge is 0.497 e. The van der Waals surface area contributed by atoms with E-state index in [-0.39, 0.29) is 5.91 Å². The number of fused-ring (bicyclic) bond motifs is 2. The van der Waals surface area contributed by atoms with Crippen LogP contribution in [0.5, 0.6) is 5.75 Å². The van der Waals surface area contributed by atoms with E-state index in [4.69, 9.17) is 9.15 Å². The Morgan fingerprint density at radius 2 is 1.88 bits per heavy atom. The van der Waals surface area contributed by atoms with Crippen molar-refractivity contribution in [2.24, 2.45) is 0 Å². The lowest BCUT2D eigenvalue weighted by Crippen LogP contribution is -2.14. The number of anilines is 1. The van der Waals surface area contributed by atoms with Crippen molar-refractivity contribution in [3.8, 4) is 5.75 Å². The van der Waals surface area contributed by atoms with E-state index in [2.05, 4.69) is 15.3 Å². The van der Waals surface area contributed by atoms with Crippen molar-refractivity contribution in [1.29, 1.82) is 0 Å². The monoisotopic (exact) mass is 347 g/mol. The van der Waals surface area contributed by atoms with E-state index in [1.54, 1.807) is 32.2 Å². The van der Waals surface area contributed by atoms with Gasteiger partial charge in [-0.3, -0.25) is 9.78 Å². The number of hydrogen-bond acceptors (Lipinski definition) is 5. The van der Waals surface area contributed by atoms with Crippen molar-refractivity contribution in [1.82, 2.24) is 9.97 Å². The zero-order chi connectivity index (χ0) is 18.3. The van der Waals surface area contributed by atoms with Gasteiger partial charge in [-0.05, 0) is 43.3 Å². The molecule has 6 nitrogen and oxygen atoms in total. The predicted octanol–water partition coefficient (Wildman–Crippen LogP) is 4.25. The SMILES string of the molecule is COc1ccc2cc(C(=O)Nc3ccc4oc(C)nc4c3)c(C)nc2c1. The summed E-state index contributed by atoms with van der Waals surface area (Å²) < 4.78 is 10.7. The summed E-state index contributed by atoms with van der Waals surface area (Å²) in [5.74, 6) is 1.11. The third-order valence-corrected chi connectivity index (χ3v) is 4.21. The van der Waals surface area contributed by atoms with Crippen LogP contribution in [0.2, 0.25) is 0 Å². The summed E-state index contributed by atoms with van der Waals surface area (Å²) in [6.07, 6.45) is 0. The van der Waals surface area contributed by atoms with Crippen LogP contribution in [-0.2, 0) is 0 Å². The van der Waals surface area contributed by atoms with Crippen LogP contribution < -0.4 is 10.1 Å². The molecule has 0 atom stereocenters. The molecule has 2 heterocycles. The van der Waals surface area contributed by atoms with Gasteiger partial charge in [0.25, 0.3) is 5.91 Å². The number of oxazole rings is 1. The van der Waals surface area contributed by atoms with Crippen LogP contribution in [0.15, 0.2) is 46.9 Å². The average Bonchev–Trinajstić information content (AvgIpc) is 2.99. The quantitative estimate of drug-likeness (QED) is 0.599. The van der Waals surface area contributed by atoms with Crippen molar-refractivity contribution in [2.75, 3.05) is 12.4 Å². The molecule has 0 aliphatic rings. The second-order valence-corrected chi connectivity index (χ2v) is 6.05. The first-order valence-corrected chi connectivity index (χ1v) is 8.17. The molecule has 0 saturated carbocycles. The van der Waals surface area contributed by atoms with E-state index in [0.717, 1.165) is 16.7 Å². The van der Waals surface area contributed by atoms with Crippen LogP contribution in [0.4, 0.5) is 5.69 Å². The molecule has 4 rings (SSSR count). The number of aromatic nitrogens is 2. The van der Waals surface area contributed by atoms with Gasteiger partial charge < -0.3 is 14.5 Å². The number of carbonyl (C=O) groups excluding carboxylic acids is 1. The smallest absolute Gasteiger partial charge is 0.257 e. The Bertz CT molecular complexity index is 1150. The van der Waals surface area contributed by atoms with Gasteiger partial charge in [0.1, 0.15) is 11.3 Å². The summed E-state index contributed by atoms with van der Waals surface area (Å²) in [5, 5.41) is 3.78. The maximum atomic E-state index is 12.7. The highest BCUT2D eigenvalue weighted by Gasteiger charge is 2.13. The van der Waals surface area contributed by atoms with Crippen LogP contribution in [0.25, 0.3) is 22.0 Å². The van der Waals surface area contributed by atoms with Crippen molar-refractivity contribution >= 4 is 33.6 Å². The third-order valence-electron chi connectivity index (χ3n) is 4.21. The van der Waals surface area contributed by atoms with Crippen LogP contribution in [0, 0.1) is 13.8 Å². The first kappa shape index (κ1) is 16.1. The van der Waals surface area contributed by atoms with Crippen LogP contribution >= 0.6 is 0 Å². The lowest BCUT2D eigenvalue weighted by molar-refractivity contribution is 0.102. The molecule has 130 valence electrons. The lowest BCUT2D eigenvalue weighted by atomic mass is 10.1. The molecule has 2 aromatic carbocycles. The Labute approximate surface area is 149 Å². The first-order chi connectivity index (χ1) is 12.5. The molecular weight excluding hydrogens is 330 g/mol. The number of amides is 1. The van der Waals surface area contributed by atoms with Gasteiger partial charge >= 0.3 is 0 Å². The van der Waals surface area contributed by atoms with E-state index in [9.17, 15) is 4.79 Å². The summed E-state index contributed by atoms with van der Waals surface area (Å²) in [4.78, 5) is 21.5. The molecule has 1 N–H and O–H groups in total. The maximum absolute atomic E-state index is 12.7. The van der Waals surface area contributed by atoms with Gasteiger partial charge in [0.15, 0.2) is 11.5 Å². The highest BCUT2D eigenvalue weighted by Crippen LogP contribution is 2.23. The molecule has 0 spiro atoms. The number of aryl methyl sites for hydroxylation is 2. The summed E-state index contributed by atoms with van der Waals surface area (Å²) in [6.45, 7) is 3.61. The average molecular weight is 347 g/mol. The second kappa shape index (κ2) is 6.15. The summed E-state index contributed by atoms with van der Waals surface area (Å²) >= 11 is 0. The number of ether oxygens (including phenoxy) is 1. The summed E-state index contributed by atoms with van der Waals surface area (Å²) in [5.41, 5.74) is 4.03. The number of pyridine rings is 1. The highest BCUT2D eigenvalue weighted by atomic mass is 16.5. The molecule has 26 heavy (non-hydrogen) atoms. The Morgan fingerprint density at radius 1 is 1.04 bits per heavy atom. The number of rotatable bonds is 3. The van der Waals surface area contributed by atoms with Gasteiger partial charge in [-0.1, -0.05) is 0 Å². The van der Waals surface area contributed by atoms with Crippen LogP contribution in [0.3, 0.4) is 0 Å². The zero-order valence-electron chi connectivity index (χ0n) is 14.7. The molecule has 0 bridgehead atoms. The Morgan fingerprint density at radius 3 is 2.69 bits per heavy atom. The van der Waals surface area contributed by atoms with Crippen molar-refractivity contribution < 1.29 is 13.9 Å². The van der Waals surface area contributed by atoms with Crippen LogP contribution in [-0.4, -0.2) is 23.0 Å². The predicted molar refractivity (Wildman–Crippen MR) is 99.7 cm³/mol. The molecule has 0 aliphatic carbocycles. The third kappa shape index (κ3) is 2.86. The van der Waals surface area contributed by atoms with Gasteiger partial charge in [0.2, 0.25) is 0 Å². The van der Waals surface area contributed by atoms with E-state index in [0.29, 0.717) is 33.9 Å². The number of benzene rings is 2. The molecule has 4 aromatic rings. The number of hydrogen-bond donors (Lipinski definition) is 1. The zero-order valence-corrected chi connectivity index (χ0v) is 14.7. The molecule has 0 saturated heterocycles. The second-order valence-electron chi connectivity index (χ2n) is 6.05. The molecule has 0 unspecified atom stereocenters. The standard InChI is InChI=1S/C20H17N3O3/c1-11-16(8-13-4-6-15(25-3)10-17(13)21-11)20(24)23-14-5-7-19-18(9-14)22-12(2)26-19/h4-10H,1-3H3,(H,23,24). The van der Waals surface area contributed by atoms with Gasteiger partial charge in [-0.2, -0.15) is 0 Å². The minimum absolute atomic E-state index is 0.215. The number of methoxy groups -OCH3 is 1. The highest BCUT2D eigenvalue weighted by molar-refractivity contribution is 6.07. The summed E-state index contributed by atoms with van der Waals surface area (Å²) in [7, 11) is 1.61. The Hall–Kier alpha value is -3.41. The molecule has 1 amide bonds. The van der Waals surface area contributed by atoms with Gasteiger partial charge in [-0.15, -0.1) is 0 Å². The molecular formula is C20H17N3O3. The van der Waals surface area contributed by atoms with E-state index in [1.165, 1.54) is 0 Å². The van der Waals surface area contributed by atoms with Gasteiger partial charge in [-0.25, -0.2) is 4.98 Å².